The monoisotopic (exact) mass is 269 g/mol. The van der Waals surface area contributed by atoms with Crippen LogP contribution in [-0.2, 0) is 4.79 Å². The van der Waals surface area contributed by atoms with E-state index in [1.54, 1.807) is 12.1 Å². The first-order valence-electron chi connectivity index (χ1n) is 6.14. The lowest BCUT2D eigenvalue weighted by molar-refractivity contribution is -0.145. The van der Waals surface area contributed by atoms with E-state index in [2.05, 4.69) is 5.32 Å². The number of rotatable bonds is 6. The van der Waals surface area contributed by atoms with Gasteiger partial charge >= 0.3 is 5.97 Å². The number of hydrogen-bond donors (Lipinski definition) is 2. The highest BCUT2D eigenvalue weighted by molar-refractivity contribution is 5.78. The molecule has 0 heterocycles. The van der Waals surface area contributed by atoms with Gasteiger partial charge < -0.3 is 9.84 Å². The van der Waals surface area contributed by atoms with E-state index in [1.807, 2.05) is 20.8 Å². The van der Waals surface area contributed by atoms with Gasteiger partial charge in [0.15, 0.2) is 11.6 Å². The third-order valence-corrected chi connectivity index (χ3v) is 2.68. The Labute approximate surface area is 112 Å². The van der Waals surface area contributed by atoms with Gasteiger partial charge in [0.1, 0.15) is 12.1 Å². The normalized spacial score (nSPS) is 14.2. The number of aliphatic carboxylic acids is 1. The Morgan fingerprint density at radius 3 is 2.68 bits per heavy atom. The maximum Gasteiger partial charge on any atom is 0.327 e. The van der Waals surface area contributed by atoms with Gasteiger partial charge in [0.05, 0.1) is 0 Å². The number of hydrogen-bond acceptors (Lipinski definition) is 3. The van der Waals surface area contributed by atoms with E-state index in [0.29, 0.717) is 0 Å². The SMILES string of the molecule is Cc1ccc(F)c(OCC(C)(NC(C)C)C(=O)O)c1. The van der Waals surface area contributed by atoms with Crippen LogP contribution in [0.3, 0.4) is 0 Å². The highest BCUT2D eigenvalue weighted by Crippen LogP contribution is 2.20. The van der Waals surface area contributed by atoms with Crippen LogP contribution < -0.4 is 10.1 Å². The maximum absolute atomic E-state index is 13.5. The number of carbonyl (C=O) groups is 1. The van der Waals surface area contributed by atoms with E-state index in [4.69, 9.17) is 4.74 Å². The Bertz CT molecular complexity index is 462. The second-order valence-electron chi connectivity index (χ2n) is 5.16. The minimum Gasteiger partial charge on any atom is -0.488 e. The highest BCUT2D eigenvalue weighted by Gasteiger charge is 2.34. The van der Waals surface area contributed by atoms with E-state index in [9.17, 15) is 14.3 Å². The van der Waals surface area contributed by atoms with Crippen molar-refractivity contribution in [3.8, 4) is 5.75 Å². The van der Waals surface area contributed by atoms with Crippen LogP contribution in [0.4, 0.5) is 4.39 Å². The van der Waals surface area contributed by atoms with Crippen molar-refractivity contribution in [3.63, 3.8) is 0 Å². The first kappa shape index (κ1) is 15.4. The zero-order valence-corrected chi connectivity index (χ0v) is 11.7. The molecular weight excluding hydrogens is 249 g/mol. The van der Waals surface area contributed by atoms with Gasteiger partial charge in [-0.25, -0.2) is 4.39 Å². The predicted molar refractivity (Wildman–Crippen MR) is 70.9 cm³/mol. The lowest BCUT2D eigenvalue weighted by Gasteiger charge is -2.28. The van der Waals surface area contributed by atoms with Crippen molar-refractivity contribution in [1.82, 2.24) is 5.32 Å². The number of nitrogens with one attached hydrogen (secondary N) is 1. The van der Waals surface area contributed by atoms with Crippen LogP contribution in [-0.4, -0.2) is 29.3 Å². The number of carboxylic acid groups (broad SMARTS) is 1. The van der Waals surface area contributed by atoms with Crippen molar-refractivity contribution < 1.29 is 19.0 Å². The summed E-state index contributed by atoms with van der Waals surface area (Å²) in [5, 5.41) is 12.2. The molecule has 0 aromatic heterocycles. The molecule has 0 aliphatic heterocycles. The van der Waals surface area contributed by atoms with Crippen LogP contribution >= 0.6 is 0 Å². The van der Waals surface area contributed by atoms with Crippen molar-refractivity contribution in [2.24, 2.45) is 0 Å². The molecule has 0 radical (unpaired) electrons. The van der Waals surface area contributed by atoms with Crippen LogP contribution in [0.5, 0.6) is 5.75 Å². The maximum atomic E-state index is 13.5. The lowest BCUT2D eigenvalue weighted by Crippen LogP contribution is -2.56. The second kappa shape index (κ2) is 6.02. The molecule has 0 aliphatic carbocycles. The predicted octanol–water partition coefficient (Wildman–Crippen LogP) is 2.35. The van der Waals surface area contributed by atoms with Crippen molar-refractivity contribution in [2.75, 3.05) is 6.61 Å². The van der Waals surface area contributed by atoms with Crippen molar-refractivity contribution in [1.29, 1.82) is 0 Å². The van der Waals surface area contributed by atoms with Crippen molar-refractivity contribution >= 4 is 5.97 Å². The molecule has 1 aromatic rings. The zero-order chi connectivity index (χ0) is 14.6. The Morgan fingerprint density at radius 2 is 2.16 bits per heavy atom. The first-order valence-corrected chi connectivity index (χ1v) is 6.14. The molecule has 19 heavy (non-hydrogen) atoms. The molecule has 1 rings (SSSR count). The van der Waals surface area contributed by atoms with Gasteiger partial charge in [0.25, 0.3) is 0 Å². The standard InChI is InChI=1S/C14H20FNO3/c1-9(2)16-14(4,13(17)18)8-19-12-7-10(3)5-6-11(12)15/h5-7,9,16H,8H2,1-4H3,(H,17,18). The average molecular weight is 269 g/mol. The largest absolute Gasteiger partial charge is 0.488 e. The third-order valence-electron chi connectivity index (χ3n) is 2.68. The quantitative estimate of drug-likeness (QED) is 0.832. The van der Waals surface area contributed by atoms with Crippen LogP contribution in [0.2, 0.25) is 0 Å². The van der Waals surface area contributed by atoms with Crippen LogP contribution in [0.1, 0.15) is 26.3 Å². The van der Waals surface area contributed by atoms with E-state index >= 15 is 0 Å². The molecule has 1 atom stereocenters. The zero-order valence-electron chi connectivity index (χ0n) is 11.7. The topological polar surface area (TPSA) is 58.6 Å². The second-order valence-corrected chi connectivity index (χ2v) is 5.16. The molecule has 106 valence electrons. The molecule has 0 bridgehead atoms. The van der Waals surface area contributed by atoms with Crippen LogP contribution in [0.15, 0.2) is 18.2 Å². The highest BCUT2D eigenvalue weighted by atomic mass is 19.1. The molecule has 1 aromatic carbocycles. The fourth-order valence-electron chi connectivity index (χ4n) is 1.75. The third kappa shape index (κ3) is 4.21. The number of halogens is 1. The fourth-order valence-corrected chi connectivity index (χ4v) is 1.75. The minimum atomic E-state index is -1.26. The minimum absolute atomic E-state index is 0.0212. The van der Waals surface area contributed by atoms with Crippen molar-refractivity contribution in [2.45, 2.75) is 39.3 Å². The molecule has 0 aliphatic rings. The van der Waals surface area contributed by atoms with Crippen LogP contribution in [0, 0.1) is 12.7 Å². The van der Waals surface area contributed by atoms with E-state index < -0.39 is 17.3 Å². The van der Waals surface area contributed by atoms with Gasteiger partial charge in [0.2, 0.25) is 0 Å². The molecule has 0 spiro atoms. The molecule has 0 saturated carbocycles. The summed E-state index contributed by atoms with van der Waals surface area (Å²) in [5.41, 5.74) is -0.407. The summed E-state index contributed by atoms with van der Waals surface area (Å²) in [5.74, 6) is -1.46. The summed E-state index contributed by atoms with van der Waals surface area (Å²) in [7, 11) is 0. The average Bonchev–Trinajstić information content (AvgIpc) is 2.29. The van der Waals surface area contributed by atoms with Gasteiger partial charge in [-0.2, -0.15) is 0 Å². The molecule has 1 unspecified atom stereocenters. The number of benzene rings is 1. The Morgan fingerprint density at radius 1 is 1.53 bits per heavy atom. The smallest absolute Gasteiger partial charge is 0.327 e. The van der Waals surface area contributed by atoms with Gasteiger partial charge in [-0.3, -0.25) is 10.1 Å². The first-order chi connectivity index (χ1) is 8.74. The molecule has 2 N–H and O–H groups in total. The summed E-state index contributed by atoms with van der Waals surface area (Å²) in [6.45, 7) is 6.86. The summed E-state index contributed by atoms with van der Waals surface area (Å²) < 4.78 is 18.8. The van der Waals surface area contributed by atoms with Gasteiger partial charge in [-0.05, 0) is 45.4 Å². The molecule has 0 fully saturated rings. The van der Waals surface area contributed by atoms with E-state index in [-0.39, 0.29) is 18.4 Å². The number of carboxylic acids is 1. The van der Waals surface area contributed by atoms with Gasteiger partial charge in [0, 0.05) is 6.04 Å². The lowest BCUT2D eigenvalue weighted by atomic mass is 10.0. The fraction of sp³-hybridized carbons (Fsp3) is 0.500. The Kier molecular flexibility index (Phi) is 4.89. The van der Waals surface area contributed by atoms with Gasteiger partial charge in [-0.15, -0.1) is 0 Å². The van der Waals surface area contributed by atoms with Gasteiger partial charge in [-0.1, -0.05) is 6.07 Å². The van der Waals surface area contributed by atoms with Crippen LogP contribution in [0.25, 0.3) is 0 Å². The summed E-state index contributed by atoms with van der Waals surface area (Å²) in [4.78, 5) is 11.3. The molecule has 5 heteroatoms. The van der Waals surface area contributed by atoms with Crippen molar-refractivity contribution in [3.05, 3.63) is 29.6 Å². The van der Waals surface area contributed by atoms with E-state index in [1.165, 1.54) is 13.0 Å². The van der Waals surface area contributed by atoms with E-state index in [0.717, 1.165) is 5.56 Å². The summed E-state index contributed by atoms with van der Waals surface area (Å²) in [6.07, 6.45) is 0. The summed E-state index contributed by atoms with van der Waals surface area (Å²) in [6, 6.07) is 4.46. The molecular formula is C14H20FNO3. The Hall–Kier alpha value is -1.62. The Balaban J connectivity index is 2.82. The number of ether oxygens (including phenoxy) is 1. The molecule has 0 amide bonds. The molecule has 4 nitrogen and oxygen atoms in total. The number of aryl methyl sites for hydroxylation is 1. The summed E-state index contributed by atoms with van der Waals surface area (Å²) >= 11 is 0. The molecule has 0 saturated heterocycles.